The Morgan fingerprint density at radius 1 is 1.32 bits per heavy atom. The molecule has 2 rings (SSSR count). The van der Waals surface area contributed by atoms with Crippen LogP contribution in [0.25, 0.3) is 0 Å². The molecule has 0 bridgehead atoms. The van der Waals surface area contributed by atoms with Gasteiger partial charge in [-0.1, -0.05) is 24.6 Å². The van der Waals surface area contributed by atoms with Crippen molar-refractivity contribution in [2.24, 2.45) is 0 Å². The monoisotopic (exact) mass is 283 g/mol. The smallest absolute Gasteiger partial charge is 0.209 e. The molecule has 5 nitrogen and oxygen atoms in total. The van der Waals surface area contributed by atoms with Gasteiger partial charge in [0, 0.05) is 11.3 Å². The molecule has 0 radical (unpaired) electrons. The predicted octanol–water partition coefficient (Wildman–Crippen LogP) is 2.66. The average molecular weight is 283 g/mol. The molecule has 1 aromatic rings. The van der Waals surface area contributed by atoms with Crippen LogP contribution in [0.1, 0.15) is 58.9 Å². The molecular formula is C13H25N5S. The first-order valence-corrected chi connectivity index (χ1v) is 8.20. The Bertz CT molecular complexity index is 379. The molecule has 0 saturated heterocycles. The molecule has 0 aliphatic heterocycles. The summed E-state index contributed by atoms with van der Waals surface area (Å²) in [5.41, 5.74) is 0.204. The van der Waals surface area contributed by atoms with E-state index in [4.69, 9.17) is 0 Å². The van der Waals surface area contributed by atoms with E-state index < -0.39 is 0 Å². The quantitative estimate of drug-likeness (QED) is 0.642. The van der Waals surface area contributed by atoms with Crippen LogP contribution in [0, 0.1) is 0 Å². The Kier molecular flexibility index (Phi) is 5.21. The minimum atomic E-state index is 0.204. The van der Waals surface area contributed by atoms with Crippen molar-refractivity contribution in [3.05, 3.63) is 0 Å². The Hall–Kier alpha value is -0.620. The van der Waals surface area contributed by atoms with Crippen LogP contribution >= 0.6 is 11.8 Å². The number of thioether (sulfide) groups is 1. The van der Waals surface area contributed by atoms with Crippen LogP contribution in [0.4, 0.5) is 0 Å². The lowest BCUT2D eigenvalue weighted by molar-refractivity contribution is 0.421. The van der Waals surface area contributed by atoms with Crippen molar-refractivity contribution in [1.82, 2.24) is 25.5 Å². The van der Waals surface area contributed by atoms with E-state index in [0.29, 0.717) is 6.04 Å². The second kappa shape index (κ2) is 6.70. The standard InChI is InChI=1S/C13H25N5S/c1-13(2,3)14-9-6-10-19-12-15-16-17-18(12)11-7-4-5-8-11/h11,14H,4-10H2,1-3H3. The number of tetrazole rings is 1. The molecular weight excluding hydrogens is 258 g/mol. The van der Waals surface area contributed by atoms with E-state index >= 15 is 0 Å². The SMILES string of the molecule is CC(C)(C)NCCCSc1nnnn1C1CCCC1. The third-order valence-corrected chi connectivity index (χ3v) is 4.36. The number of hydrogen-bond acceptors (Lipinski definition) is 5. The van der Waals surface area contributed by atoms with E-state index in [1.807, 2.05) is 4.68 Å². The number of nitrogens with zero attached hydrogens (tertiary/aromatic N) is 4. The fourth-order valence-electron chi connectivity index (χ4n) is 2.36. The topological polar surface area (TPSA) is 55.6 Å². The van der Waals surface area contributed by atoms with E-state index in [-0.39, 0.29) is 5.54 Å². The normalized spacial score (nSPS) is 17.2. The van der Waals surface area contributed by atoms with Crippen LogP contribution in [0.5, 0.6) is 0 Å². The lowest BCUT2D eigenvalue weighted by Crippen LogP contribution is -2.36. The third-order valence-electron chi connectivity index (χ3n) is 3.34. The molecule has 1 fully saturated rings. The Morgan fingerprint density at radius 3 is 2.74 bits per heavy atom. The van der Waals surface area contributed by atoms with E-state index in [9.17, 15) is 0 Å². The van der Waals surface area contributed by atoms with Crippen molar-refractivity contribution >= 4 is 11.8 Å². The van der Waals surface area contributed by atoms with E-state index in [1.165, 1.54) is 25.7 Å². The molecule has 1 N–H and O–H groups in total. The van der Waals surface area contributed by atoms with Crippen molar-refractivity contribution in [3.8, 4) is 0 Å². The van der Waals surface area contributed by atoms with Crippen molar-refractivity contribution in [1.29, 1.82) is 0 Å². The molecule has 1 heterocycles. The van der Waals surface area contributed by atoms with Gasteiger partial charge in [-0.3, -0.25) is 0 Å². The van der Waals surface area contributed by atoms with E-state index in [1.54, 1.807) is 11.8 Å². The van der Waals surface area contributed by atoms with Crippen molar-refractivity contribution in [2.75, 3.05) is 12.3 Å². The summed E-state index contributed by atoms with van der Waals surface area (Å²) in [6, 6.07) is 0.533. The fraction of sp³-hybridized carbons (Fsp3) is 0.923. The molecule has 108 valence electrons. The van der Waals surface area contributed by atoms with Gasteiger partial charge in [0.25, 0.3) is 0 Å². The van der Waals surface area contributed by atoms with Gasteiger partial charge in [-0.2, -0.15) is 0 Å². The van der Waals surface area contributed by atoms with Crippen molar-refractivity contribution in [2.45, 2.75) is 69.6 Å². The zero-order valence-corrected chi connectivity index (χ0v) is 13.0. The van der Waals surface area contributed by atoms with Crippen molar-refractivity contribution < 1.29 is 0 Å². The molecule has 1 aromatic heterocycles. The molecule has 0 unspecified atom stereocenters. The maximum atomic E-state index is 4.16. The summed E-state index contributed by atoms with van der Waals surface area (Å²) in [6.07, 6.45) is 6.21. The highest BCUT2D eigenvalue weighted by molar-refractivity contribution is 7.99. The minimum absolute atomic E-state index is 0.204. The highest BCUT2D eigenvalue weighted by atomic mass is 32.2. The maximum absolute atomic E-state index is 4.16. The highest BCUT2D eigenvalue weighted by Gasteiger charge is 2.21. The molecule has 0 atom stereocenters. The number of hydrogen-bond donors (Lipinski definition) is 1. The number of nitrogens with one attached hydrogen (secondary N) is 1. The number of aromatic nitrogens is 4. The van der Waals surface area contributed by atoms with Crippen LogP contribution in [-0.4, -0.2) is 38.0 Å². The zero-order chi connectivity index (χ0) is 13.7. The average Bonchev–Trinajstić information content (AvgIpc) is 2.96. The van der Waals surface area contributed by atoms with Gasteiger partial charge in [0.05, 0.1) is 6.04 Å². The lowest BCUT2D eigenvalue weighted by Gasteiger charge is -2.20. The van der Waals surface area contributed by atoms with Crippen molar-refractivity contribution in [3.63, 3.8) is 0 Å². The van der Waals surface area contributed by atoms with Crippen LogP contribution in [0.15, 0.2) is 5.16 Å². The molecule has 1 saturated carbocycles. The highest BCUT2D eigenvalue weighted by Crippen LogP contribution is 2.31. The van der Waals surface area contributed by atoms with Crippen LogP contribution in [0.3, 0.4) is 0 Å². The van der Waals surface area contributed by atoms with Gasteiger partial charge in [-0.15, -0.1) is 5.10 Å². The summed E-state index contributed by atoms with van der Waals surface area (Å²) in [7, 11) is 0. The Labute approximate surface area is 119 Å². The molecule has 1 aliphatic carbocycles. The molecule has 6 heteroatoms. The fourth-order valence-corrected chi connectivity index (χ4v) is 3.24. The van der Waals surface area contributed by atoms with Crippen LogP contribution in [0.2, 0.25) is 0 Å². The maximum Gasteiger partial charge on any atom is 0.209 e. The van der Waals surface area contributed by atoms with Gasteiger partial charge in [-0.05, 0) is 57.0 Å². The summed E-state index contributed by atoms with van der Waals surface area (Å²) in [6.45, 7) is 7.63. The first kappa shape index (κ1) is 14.8. The molecule has 19 heavy (non-hydrogen) atoms. The first-order valence-electron chi connectivity index (χ1n) is 7.22. The van der Waals surface area contributed by atoms with Gasteiger partial charge in [-0.25, -0.2) is 4.68 Å². The Balaban J connectivity index is 1.73. The second-order valence-electron chi connectivity index (χ2n) is 6.22. The number of rotatable bonds is 6. The van der Waals surface area contributed by atoms with E-state index in [2.05, 4.69) is 41.6 Å². The lowest BCUT2D eigenvalue weighted by atomic mass is 10.1. The largest absolute Gasteiger partial charge is 0.312 e. The molecule has 0 spiro atoms. The van der Waals surface area contributed by atoms with Gasteiger partial charge in [0.2, 0.25) is 5.16 Å². The summed E-state index contributed by atoms with van der Waals surface area (Å²) in [5, 5.41) is 16.6. The van der Waals surface area contributed by atoms with E-state index in [0.717, 1.165) is 23.9 Å². The third kappa shape index (κ3) is 4.76. The summed E-state index contributed by atoms with van der Waals surface area (Å²) in [5.74, 6) is 1.07. The summed E-state index contributed by atoms with van der Waals surface area (Å²) in [4.78, 5) is 0. The van der Waals surface area contributed by atoms with Gasteiger partial charge in [0.1, 0.15) is 0 Å². The van der Waals surface area contributed by atoms with Crippen LogP contribution in [-0.2, 0) is 0 Å². The Morgan fingerprint density at radius 2 is 2.05 bits per heavy atom. The van der Waals surface area contributed by atoms with Gasteiger partial charge < -0.3 is 5.32 Å². The molecule has 0 amide bonds. The summed E-state index contributed by atoms with van der Waals surface area (Å²) >= 11 is 1.78. The summed E-state index contributed by atoms with van der Waals surface area (Å²) < 4.78 is 2.04. The minimum Gasteiger partial charge on any atom is -0.312 e. The van der Waals surface area contributed by atoms with Gasteiger partial charge in [0.15, 0.2) is 0 Å². The predicted molar refractivity (Wildman–Crippen MR) is 78.4 cm³/mol. The molecule has 1 aliphatic rings. The molecule has 0 aromatic carbocycles. The van der Waals surface area contributed by atoms with Gasteiger partial charge >= 0.3 is 0 Å². The first-order chi connectivity index (χ1) is 9.06. The second-order valence-corrected chi connectivity index (χ2v) is 7.29. The van der Waals surface area contributed by atoms with Crippen LogP contribution < -0.4 is 5.32 Å². The zero-order valence-electron chi connectivity index (χ0n) is 12.2.